The van der Waals surface area contributed by atoms with Gasteiger partial charge in [-0.15, -0.1) is 0 Å². The predicted octanol–water partition coefficient (Wildman–Crippen LogP) is 4.95. The largest absolute Gasteiger partial charge is 0.487 e. The average molecular weight is 286 g/mol. The smallest absolute Gasteiger partial charge is 0.132 e. The molecule has 1 aromatic carbocycles. The van der Waals surface area contributed by atoms with Crippen molar-refractivity contribution in [2.75, 3.05) is 0 Å². The maximum atomic E-state index is 5.81. The maximum Gasteiger partial charge on any atom is 0.132 e. The molecule has 2 rings (SSSR count). The van der Waals surface area contributed by atoms with E-state index in [9.17, 15) is 0 Å². The molecule has 0 aliphatic carbocycles. The van der Waals surface area contributed by atoms with E-state index in [0.717, 1.165) is 24.3 Å². The molecule has 0 amide bonds. The summed E-state index contributed by atoms with van der Waals surface area (Å²) in [5, 5.41) is 4.55. The fourth-order valence-electron chi connectivity index (χ4n) is 2.17. The SMILES string of the molecule is CCC(C)c1ccc(OCc2ccn(C(C)CC)n2)cc1. The van der Waals surface area contributed by atoms with Crippen molar-refractivity contribution in [3.63, 3.8) is 0 Å². The highest BCUT2D eigenvalue weighted by atomic mass is 16.5. The van der Waals surface area contributed by atoms with Gasteiger partial charge in [0.05, 0.1) is 5.69 Å². The summed E-state index contributed by atoms with van der Waals surface area (Å²) in [5.74, 6) is 1.51. The molecule has 21 heavy (non-hydrogen) atoms. The first-order valence-electron chi connectivity index (χ1n) is 7.90. The molecule has 0 aliphatic heterocycles. The Labute approximate surface area is 127 Å². The third-order valence-electron chi connectivity index (χ3n) is 4.15. The summed E-state index contributed by atoms with van der Waals surface area (Å²) in [6, 6.07) is 10.9. The fraction of sp³-hybridized carbons (Fsp3) is 0.500. The van der Waals surface area contributed by atoms with Gasteiger partial charge in [0.1, 0.15) is 12.4 Å². The third-order valence-corrected chi connectivity index (χ3v) is 4.15. The molecule has 3 heteroatoms. The monoisotopic (exact) mass is 286 g/mol. The van der Waals surface area contributed by atoms with Crippen LogP contribution in [0.25, 0.3) is 0 Å². The Bertz CT molecular complexity index is 545. The Morgan fingerprint density at radius 3 is 2.38 bits per heavy atom. The molecule has 0 saturated carbocycles. The van der Waals surface area contributed by atoms with Crippen molar-refractivity contribution in [1.29, 1.82) is 0 Å². The zero-order valence-corrected chi connectivity index (χ0v) is 13.5. The molecule has 0 fully saturated rings. The van der Waals surface area contributed by atoms with Crippen LogP contribution in [0.3, 0.4) is 0 Å². The average Bonchev–Trinajstić information content (AvgIpc) is 3.01. The van der Waals surface area contributed by atoms with Gasteiger partial charge in [0.15, 0.2) is 0 Å². The van der Waals surface area contributed by atoms with Crippen molar-refractivity contribution in [1.82, 2.24) is 9.78 Å². The van der Waals surface area contributed by atoms with E-state index < -0.39 is 0 Å². The summed E-state index contributed by atoms with van der Waals surface area (Å²) < 4.78 is 7.82. The molecule has 2 unspecified atom stereocenters. The van der Waals surface area contributed by atoms with Gasteiger partial charge in [0.25, 0.3) is 0 Å². The summed E-state index contributed by atoms with van der Waals surface area (Å²) in [6.07, 6.45) is 4.27. The zero-order valence-electron chi connectivity index (χ0n) is 13.5. The van der Waals surface area contributed by atoms with Crippen LogP contribution < -0.4 is 4.74 Å². The van der Waals surface area contributed by atoms with Crippen LogP contribution in [0.4, 0.5) is 0 Å². The van der Waals surface area contributed by atoms with E-state index in [2.05, 4.69) is 44.9 Å². The maximum absolute atomic E-state index is 5.81. The third kappa shape index (κ3) is 4.10. The van der Waals surface area contributed by atoms with Crippen LogP contribution in [0.15, 0.2) is 36.5 Å². The van der Waals surface area contributed by atoms with Gasteiger partial charge in [0, 0.05) is 12.2 Å². The minimum Gasteiger partial charge on any atom is -0.487 e. The first-order chi connectivity index (χ1) is 10.1. The van der Waals surface area contributed by atoms with Gasteiger partial charge in [-0.25, -0.2) is 0 Å². The lowest BCUT2D eigenvalue weighted by atomic mass is 9.99. The van der Waals surface area contributed by atoms with Gasteiger partial charge in [-0.1, -0.05) is 32.9 Å². The second-order valence-corrected chi connectivity index (χ2v) is 5.71. The molecule has 3 nitrogen and oxygen atoms in total. The van der Waals surface area contributed by atoms with Crippen molar-refractivity contribution in [3.8, 4) is 5.75 Å². The Morgan fingerprint density at radius 2 is 1.76 bits per heavy atom. The van der Waals surface area contributed by atoms with E-state index in [4.69, 9.17) is 4.74 Å². The summed E-state index contributed by atoms with van der Waals surface area (Å²) in [7, 11) is 0. The molecule has 114 valence electrons. The lowest BCUT2D eigenvalue weighted by Gasteiger charge is -2.10. The van der Waals surface area contributed by atoms with E-state index in [1.54, 1.807) is 0 Å². The van der Waals surface area contributed by atoms with Crippen LogP contribution in [0.5, 0.6) is 5.75 Å². The lowest BCUT2D eigenvalue weighted by molar-refractivity contribution is 0.298. The number of nitrogens with zero attached hydrogens (tertiary/aromatic N) is 2. The Morgan fingerprint density at radius 1 is 1.05 bits per heavy atom. The van der Waals surface area contributed by atoms with E-state index in [0.29, 0.717) is 18.6 Å². The normalized spacial score (nSPS) is 13.9. The van der Waals surface area contributed by atoms with Gasteiger partial charge in [-0.2, -0.15) is 5.10 Å². The number of rotatable bonds is 7. The Kier molecular flexibility index (Phi) is 5.43. The highest BCUT2D eigenvalue weighted by molar-refractivity contribution is 5.29. The van der Waals surface area contributed by atoms with Gasteiger partial charge in [-0.05, 0) is 49.4 Å². The van der Waals surface area contributed by atoms with E-state index in [-0.39, 0.29) is 0 Å². The lowest BCUT2D eigenvalue weighted by Crippen LogP contribution is -2.05. The Balaban J connectivity index is 1.92. The van der Waals surface area contributed by atoms with Crippen LogP contribution in [-0.4, -0.2) is 9.78 Å². The molecule has 1 aromatic heterocycles. The molecule has 2 atom stereocenters. The molecule has 2 aromatic rings. The van der Waals surface area contributed by atoms with Crippen LogP contribution in [-0.2, 0) is 6.61 Å². The summed E-state index contributed by atoms with van der Waals surface area (Å²) in [6.45, 7) is 9.32. The van der Waals surface area contributed by atoms with E-state index >= 15 is 0 Å². The van der Waals surface area contributed by atoms with E-state index in [1.807, 2.05) is 29.1 Å². The van der Waals surface area contributed by atoms with Crippen LogP contribution in [0, 0.1) is 0 Å². The zero-order chi connectivity index (χ0) is 15.2. The second kappa shape index (κ2) is 7.30. The number of aromatic nitrogens is 2. The first kappa shape index (κ1) is 15.6. The van der Waals surface area contributed by atoms with Gasteiger partial charge >= 0.3 is 0 Å². The molecule has 0 N–H and O–H groups in total. The molecule has 0 spiro atoms. The highest BCUT2D eigenvalue weighted by Gasteiger charge is 2.06. The fourth-order valence-corrected chi connectivity index (χ4v) is 2.17. The van der Waals surface area contributed by atoms with Gasteiger partial charge in [-0.3, -0.25) is 4.68 Å². The number of benzene rings is 1. The van der Waals surface area contributed by atoms with E-state index in [1.165, 1.54) is 5.56 Å². The quantitative estimate of drug-likeness (QED) is 0.720. The van der Waals surface area contributed by atoms with Crippen LogP contribution in [0.2, 0.25) is 0 Å². The minimum atomic E-state index is 0.438. The van der Waals surface area contributed by atoms with Crippen molar-refractivity contribution in [2.24, 2.45) is 0 Å². The summed E-state index contributed by atoms with van der Waals surface area (Å²) >= 11 is 0. The molecule has 1 heterocycles. The first-order valence-corrected chi connectivity index (χ1v) is 7.90. The van der Waals surface area contributed by atoms with Crippen LogP contribution in [0.1, 0.15) is 63.8 Å². The molecule has 0 aliphatic rings. The standard InChI is InChI=1S/C18H26N2O/c1-5-14(3)16-7-9-18(10-8-16)21-13-17-11-12-20(19-17)15(4)6-2/h7-12,14-15H,5-6,13H2,1-4H3. The number of hydrogen-bond donors (Lipinski definition) is 0. The minimum absolute atomic E-state index is 0.438. The van der Waals surface area contributed by atoms with Crippen molar-refractivity contribution in [2.45, 2.75) is 59.1 Å². The number of hydrogen-bond acceptors (Lipinski definition) is 2. The van der Waals surface area contributed by atoms with Crippen molar-refractivity contribution < 1.29 is 4.74 Å². The molecule has 0 radical (unpaired) electrons. The van der Waals surface area contributed by atoms with Gasteiger partial charge in [0.2, 0.25) is 0 Å². The molecular formula is C18H26N2O. The summed E-state index contributed by atoms with van der Waals surface area (Å²) in [5.41, 5.74) is 2.34. The van der Waals surface area contributed by atoms with Crippen molar-refractivity contribution >= 4 is 0 Å². The second-order valence-electron chi connectivity index (χ2n) is 5.71. The van der Waals surface area contributed by atoms with Crippen molar-refractivity contribution in [3.05, 3.63) is 47.8 Å². The molecular weight excluding hydrogens is 260 g/mol. The van der Waals surface area contributed by atoms with Crippen LogP contribution >= 0.6 is 0 Å². The topological polar surface area (TPSA) is 27.1 Å². The molecule has 0 saturated heterocycles. The molecule has 0 bridgehead atoms. The van der Waals surface area contributed by atoms with Gasteiger partial charge < -0.3 is 4.74 Å². The number of ether oxygens (including phenoxy) is 1. The summed E-state index contributed by atoms with van der Waals surface area (Å²) in [4.78, 5) is 0. The highest BCUT2D eigenvalue weighted by Crippen LogP contribution is 2.22. The Hall–Kier alpha value is -1.77. The predicted molar refractivity (Wildman–Crippen MR) is 86.7 cm³/mol.